The number of non-ortho nitro benzene ring substituents is 1. The number of halogens is 1. The molecule has 11 nitrogen and oxygen atoms in total. The predicted octanol–water partition coefficient (Wildman–Crippen LogP) is 6.32. The number of nitrogens with zero attached hydrogens (tertiary/aromatic N) is 5. The summed E-state index contributed by atoms with van der Waals surface area (Å²) in [6, 6.07) is 5.85. The van der Waals surface area contributed by atoms with E-state index in [1.807, 2.05) is 25.7 Å². The number of aromatic nitrogens is 2. The van der Waals surface area contributed by atoms with Crippen molar-refractivity contribution in [3.8, 4) is 0 Å². The molecule has 3 heterocycles. The highest BCUT2D eigenvalue weighted by Gasteiger charge is 2.28. The average molecular weight is 587 g/mol. The molecular weight excluding hydrogens is 548 g/mol. The van der Waals surface area contributed by atoms with Gasteiger partial charge in [-0.2, -0.15) is 0 Å². The van der Waals surface area contributed by atoms with Gasteiger partial charge in [0, 0.05) is 44.5 Å². The molecule has 2 saturated heterocycles. The second-order valence-corrected chi connectivity index (χ2v) is 12.2. The molecule has 41 heavy (non-hydrogen) atoms. The van der Waals surface area contributed by atoms with Crippen molar-refractivity contribution in [2.75, 3.05) is 36.4 Å². The van der Waals surface area contributed by atoms with E-state index in [0.29, 0.717) is 23.1 Å². The summed E-state index contributed by atoms with van der Waals surface area (Å²) in [7, 11) is 0. The number of piperidine rings is 2. The number of ether oxygens (including phenoxy) is 1. The van der Waals surface area contributed by atoms with Gasteiger partial charge in [0.05, 0.1) is 16.2 Å². The first-order valence-corrected chi connectivity index (χ1v) is 14.7. The van der Waals surface area contributed by atoms with Gasteiger partial charge >= 0.3 is 6.09 Å². The van der Waals surface area contributed by atoms with Crippen molar-refractivity contribution in [2.24, 2.45) is 11.8 Å². The number of anilines is 2. The Kier molecular flexibility index (Phi) is 10.0. The number of nitro benzene ring substituents is 1. The number of likely N-dealkylation sites (tertiary alicyclic amines) is 1. The number of hydrogen-bond donors (Lipinski definition) is 1. The fraction of sp³-hybridized carbons (Fsp3) is 0.586. The molecule has 0 bridgehead atoms. The van der Waals surface area contributed by atoms with Crippen LogP contribution in [-0.2, 0) is 4.74 Å². The average Bonchev–Trinajstić information content (AvgIpc) is 2.92. The summed E-state index contributed by atoms with van der Waals surface area (Å²) < 4.78 is 5.50. The van der Waals surface area contributed by atoms with Crippen molar-refractivity contribution in [1.29, 1.82) is 0 Å². The van der Waals surface area contributed by atoms with Crippen LogP contribution >= 0.6 is 11.6 Å². The number of rotatable bonds is 8. The number of nitro groups is 1. The Labute approximate surface area is 245 Å². The number of amides is 2. The molecule has 0 saturated carbocycles. The first-order valence-electron chi connectivity index (χ1n) is 14.3. The lowest BCUT2D eigenvalue weighted by Gasteiger charge is -2.35. The highest BCUT2D eigenvalue weighted by Crippen LogP contribution is 2.33. The Morgan fingerprint density at radius 3 is 2.29 bits per heavy atom. The summed E-state index contributed by atoms with van der Waals surface area (Å²) in [5.74, 6) is 1.05. The van der Waals surface area contributed by atoms with Crippen LogP contribution in [0.15, 0.2) is 30.5 Å². The highest BCUT2D eigenvalue weighted by molar-refractivity contribution is 6.28. The molecule has 0 aliphatic carbocycles. The Hall–Kier alpha value is -3.47. The molecule has 0 spiro atoms. The fourth-order valence-electron chi connectivity index (χ4n) is 5.56. The van der Waals surface area contributed by atoms with Gasteiger partial charge in [-0.1, -0.05) is 19.3 Å². The van der Waals surface area contributed by atoms with Crippen molar-refractivity contribution in [1.82, 2.24) is 14.9 Å². The molecular formula is C29H39ClN6O5. The Bertz CT molecular complexity index is 1240. The van der Waals surface area contributed by atoms with E-state index in [2.05, 4.69) is 20.2 Å². The molecule has 2 aliphatic rings. The lowest BCUT2D eigenvalue weighted by Crippen LogP contribution is -2.41. The van der Waals surface area contributed by atoms with Gasteiger partial charge in [-0.15, -0.1) is 0 Å². The lowest BCUT2D eigenvalue weighted by atomic mass is 9.86. The first-order chi connectivity index (χ1) is 19.5. The van der Waals surface area contributed by atoms with Gasteiger partial charge in [-0.25, -0.2) is 14.8 Å². The number of carbonyl (C=O) groups excluding carboxylic acids is 2. The van der Waals surface area contributed by atoms with Crippen LogP contribution in [0.1, 0.15) is 76.1 Å². The topological polar surface area (TPSA) is 131 Å². The van der Waals surface area contributed by atoms with Crippen molar-refractivity contribution >= 4 is 40.8 Å². The summed E-state index contributed by atoms with van der Waals surface area (Å²) in [6.07, 6.45) is 8.61. The summed E-state index contributed by atoms with van der Waals surface area (Å²) in [5, 5.41) is 14.2. The van der Waals surface area contributed by atoms with Crippen LogP contribution in [0, 0.1) is 22.0 Å². The Morgan fingerprint density at radius 2 is 1.71 bits per heavy atom. The third kappa shape index (κ3) is 8.76. The third-order valence-electron chi connectivity index (χ3n) is 7.75. The predicted molar refractivity (Wildman–Crippen MR) is 157 cm³/mol. The first kappa shape index (κ1) is 30.5. The quantitative estimate of drug-likeness (QED) is 0.216. The minimum absolute atomic E-state index is 0.0139. The minimum atomic E-state index is -0.473. The van der Waals surface area contributed by atoms with Crippen LogP contribution in [0.2, 0.25) is 5.28 Å². The van der Waals surface area contributed by atoms with E-state index in [-0.39, 0.29) is 22.9 Å². The van der Waals surface area contributed by atoms with Crippen LogP contribution in [0.3, 0.4) is 0 Å². The van der Waals surface area contributed by atoms with Crippen molar-refractivity contribution in [2.45, 2.75) is 71.3 Å². The summed E-state index contributed by atoms with van der Waals surface area (Å²) in [4.78, 5) is 48.2. The zero-order valence-corrected chi connectivity index (χ0v) is 24.7. The maximum Gasteiger partial charge on any atom is 0.410 e. The zero-order valence-electron chi connectivity index (χ0n) is 24.0. The molecule has 1 N–H and O–H groups in total. The molecule has 2 aromatic rings. The summed E-state index contributed by atoms with van der Waals surface area (Å²) >= 11 is 5.84. The lowest BCUT2D eigenvalue weighted by molar-refractivity contribution is -0.384. The van der Waals surface area contributed by atoms with Crippen LogP contribution in [0.25, 0.3) is 0 Å². The van der Waals surface area contributed by atoms with Gasteiger partial charge in [-0.3, -0.25) is 14.9 Å². The SMILES string of the molecule is CC(C)(C)OC(=O)N1CCC(CCCC2CCN(c3cc([N+](=O)[O-])ccc3C(=O)Nc3ccnc(Cl)n3)CC2)CC1. The summed E-state index contributed by atoms with van der Waals surface area (Å²) in [5.41, 5.74) is 0.369. The van der Waals surface area contributed by atoms with Gasteiger partial charge in [0.2, 0.25) is 5.28 Å². The van der Waals surface area contributed by atoms with Crippen LogP contribution < -0.4 is 10.2 Å². The molecule has 2 amide bonds. The fourth-order valence-corrected chi connectivity index (χ4v) is 5.71. The van der Waals surface area contributed by atoms with Crippen LogP contribution in [0.5, 0.6) is 0 Å². The molecule has 1 aromatic carbocycles. The molecule has 2 fully saturated rings. The number of benzene rings is 1. The largest absolute Gasteiger partial charge is 0.444 e. The number of carbonyl (C=O) groups is 2. The molecule has 0 radical (unpaired) electrons. The van der Waals surface area contributed by atoms with E-state index in [9.17, 15) is 19.7 Å². The van der Waals surface area contributed by atoms with Crippen molar-refractivity contribution in [3.05, 3.63) is 51.4 Å². The number of nitrogens with one attached hydrogen (secondary N) is 1. The van der Waals surface area contributed by atoms with Gasteiger partial charge in [0.15, 0.2) is 0 Å². The van der Waals surface area contributed by atoms with Gasteiger partial charge in [0.25, 0.3) is 11.6 Å². The normalized spacial score (nSPS) is 16.9. The third-order valence-corrected chi connectivity index (χ3v) is 7.93. The molecule has 12 heteroatoms. The second-order valence-electron chi connectivity index (χ2n) is 11.9. The van der Waals surface area contributed by atoms with Crippen molar-refractivity contribution in [3.63, 3.8) is 0 Å². The molecule has 0 atom stereocenters. The van der Waals surface area contributed by atoms with Gasteiger partial charge in [0.1, 0.15) is 11.4 Å². The Balaban J connectivity index is 1.27. The van der Waals surface area contributed by atoms with E-state index in [1.54, 1.807) is 0 Å². The highest BCUT2D eigenvalue weighted by atomic mass is 35.5. The van der Waals surface area contributed by atoms with Crippen molar-refractivity contribution < 1.29 is 19.2 Å². The maximum atomic E-state index is 13.1. The minimum Gasteiger partial charge on any atom is -0.444 e. The van der Waals surface area contributed by atoms with Gasteiger partial charge < -0.3 is 19.9 Å². The van der Waals surface area contributed by atoms with Gasteiger partial charge in [-0.05, 0) is 82.0 Å². The molecule has 1 aromatic heterocycles. The van der Waals surface area contributed by atoms with E-state index in [1.165, 1.54) is 30.5 Å². The molecule has 4 rings (SSSR count). The Morgan fingerprint density at radius 1 is 1.07 bits per heavy atom. The number of hydrogen-bond acceptors (Lipinski definition) is 8. The zero-order chi connectivity index (χ0) is 29.6. The summed E-state index contributed by atoms with van der Waals surface area (Å²) in [6.45, 7) is 8.61. The van der Waals surface area contributed by atoms with E-state index >= 15 is 0 Å². The van der Waals surface area contributed by atoms with E-state index in [0.717, 1.165) is 71.1 Å². The second kappa shape index (κ2) is 13.5. The van der Waals surface area contributed by atoms with Crippen LogP contribution in [0.4, 0.5) is 22.0 Å². The maximum absolute atomic E-state index is 13.1. The molecule has 0 unspecified atom stereocenters. The van der Waals surface area contributed by atoms with E-state index < -0.39 is 16.4 Å². The standard InChI is InChI=1S/C29H39ClN6O5/c1-29(2,3)41-28(38)35-17-12-21(13-18-35)6-4-5-20-10-15-34(16-11-20)24-19-22(36(39)40)7-8-23(24)26(37)32-25-9-14-31-27(30)33-25/h7-9,14,19-21H,4-6,10-13,15-18H2,1-3H3,(H,31,32,33,37). The van der Waals surface area contributed by atoms with Crippen LogP contribution in [-0.4, -0.2) is 63.6 Å². The monoisotopic (exact) mass is 586 g/mol. The smallest absolute Gasteiger partial charge is 0.410 e. The molecule has 2 aliphatic heterocycles. The van der Waals surface area contributed by atoms with E-state index in [4.69, 9.17) is 16.3 Å². The molecule has 222 valence electrons.